The predicted octanol–water partition coefficient (Wildman–Crippen LogP) is 2.63. The molecule has 2 aromatic rings. The quantitative estimate of drug-likeness (QED) is 0.840. The third kappa shape index (κ3) is 4.05. The SMILES string of the molecule is CC(Cc1ccc(O)c(O)c1)C(=O)N1CCN(c2ccccc2)CC1. The summed E-state index contributed by atoms with van der Waals surface area (Å²) >= 11 is 0. The fourth-order valence-electron chi connectivity index (χ4n) is 3.27. The molecular formula is C20H24N2O3. The normalized spacial score (nSPS) is 15.9. The molecule has 0 aromatic heterocycles. The maximum Gasteiger partial charge on any atom is 0.225 e. The molecule has 5 nitrogen and oxygen atoms in total. The van der Waals surface area contributed by atoms with Gasteiger partial charge in [-0.1, -0.05) is 31.2 Å². The summed E-state index contributed by atoms with van der Waals surface area (Å²) in [6, 6.07) is 15.0. The first kappa shape index (κ1) is 17.1. The molecule has 1 atom stereocenters. The average Bonchev–Trinajstić information content (AvgIpc) is 2.65. The number of nitrogens with zero attached hydrogens (tertiary/aromatic N) is 2. The fraction of sp³-hybridized carbons (Fsp3) is 0.350. The predicted molar refractivity (Wildman–Crippen MR) is 97.9 cm³/mol. The van der Waals surface area contributed by atoms with Crippen molar-refractivity contribution in [3.05, 3.63) is 54.1 Å². The second-order valence-corrected chi connectivity index (χ2v) is 6.58. The summed E-state index contributed by atoms with van der Waals surface area (Å²) in [6.45, 7) is 5.03. The van der Waals surface area contributed by atoms with Gasteiger partial charge in [-0.2, -0.15) is 0 Å². The summed E-state index contributed by atoms with van der Waals surface area (Å²) in [4.78, 5) is 16.9. The van der Waals surface area contributed by atoms with Gasteiger partial charge in [-0.15, -0.1) is 0 Å². The van der Waals surface area contributed by atoms with Gasteiger partial charge in [0.15, 0.2) is 11.5 Å². The lowest BCUT2D eigenvalue weighted by Gasteiger charge is -2.37. The van der Waals surface area contributed by atoms with Crippen LogP contribution in [0, 0.1) is 5.92 Å². The Kier molecular flexibility index (Phi) is 5.12. The van der Waals surface area contributed by atoms with Crippen LogP contribution in [0.15, 0.2) is 48.5 Å². The Bertz CT molecular complexity index is 725. The number of hydrogen-bond donors (Lipinski definition) is 2. The number of aromatic hydroxyl groups is 2. The van der Waals surface area contributed by atoms with Gasteiger partial charge in [0.1, 0.15) is 0 Å². The minimum absolute atomic E-state index is 0.139. The lowest BCUT2D eigenvalue weighted by atomic mass is 9.99. The molecule has 1 fully saturated rings. The number of rotatable bonds is 4. The second kappa shape index (κ2) is 7.47. The van der Waals surface area contributed by atoms with Crippen molar-refractivity contribution in [2.75, 3.05) is 31.1 Å². The fourth-order valence-corrected chi connectivity index (χ4v) is 3.27. The number of phenols is 2. The van der Waals surface area contributed by atoms with Crippen LogP contribution in [0.25, 0.3) is 0 Å². The molecule has 0 radical (unpaired) electrons. The highest BCUT2D eigenvalue weighted by Gasteiger charge is 2.25. The van der Waals surface area contributed by atoms with Crippen molar-refractivity contribution in [1.82, 2.24) is 4.90 Å². The molecule has 0 spiro atoms. The Morgan fingerprint density at radius 3 is 2.32 bits per heavy atom. The van der Waals surface area contributed by atoms with Gasteiger partial charge < -0.3 is 20.0 Å². The molecule has 1 amide bonds. The summed E-state index contributed by atoms with van der Waals surface area (Å²) in [5.74, 6) is -0.305. The molecule has 5 heteroatoms. The van der Waals surface area contributed by atoms with Gasteiger partial charge >= 0.3 is 0 Å². The van der Waals surface area contributed by atoms with Crippen molar-refractivity contribution in [1.29, 1.82) is 0 Å². The van der Waals surface area contributed by atoms with E-state index in [0.29, 0.717) is 6.42 Å². The Balaban J connectivity index is 1.55. The minimum Gasteiger partial charge on any atom is -0.504 e. The van der Waals surface area contributed by atoms with Crippen molar-refractivity contribution in [3.8, 4) is 11.5 Å². The van der Waals surface area contributed by atoms with E-state index in [1.807, 2.05) is 30.0 Å². The Hall–Kier alpha value is -2.69. The first-order chi connectivity index (χ1) is 12.0. The van der Waals surface area contributed by atoms with Crippen LogP contribution in [-0.4, -0.2) is 47.2 Å². The topological polar surface area (TPSA) is 64.0 Å². The second-order valence-electron chi connectivity index (χ2n) is 6.58. The maximum absolute atomic E-state index is 12.7. The zero-order valence-corrected chi connectivity index (χ0v) is 14.4. The van der Waals surface area contributed by atoms with E-state index in [9.17, 15) is 15.0 Å². The third-order valence-corrected chi connectivity index (χ3v) is 4.72. The van der Waals surface area contributed by atoms with Crippen molar-refractivity contribution < 1.29 is 15.0 Å². The van der Waals surface area contributed by atoms with Crippen LogP contribution in [0.5, 0.6) is 11.5 Å². The van der Waals surface area contributed by atoms with Gasteiger partial charge in [0, 0.05) is 37.8 Å². The van der Waals surface area contributed by atoms with E-state index >= 15 is 0 Å². The van der Waals surface area contributed by atoms with Crippen molar-refractivity contribution in [2.45, 2.75) is 13.3 Å². The van der Waals surface area contributed by atoms with Crippen LogP contribution >= 0.6 is 0 Å². The van der Waals surface area contributed by atoms with Crippen molar-refractivity contribution in [3.63, 3.8) is 0 Å². The van der Waals surface area contributed by atoms with Crippen LogP contribution in [0.3, 0.4) is 0 Å². The highest BCUT2D eigenvalue weighted by molar-refractivity contribution is 5.79. The van der Waals surface area contributed by atoms with Crippen molar-refractivity contribution >= 4 is 11.6 Å². The number of hydrogen-bond acceptors (Lipinski definition) is 4. The van der Waals surface area contributed by atoms with E-state index < -0.39 is 0 Å². The number of phenolic OH excluding ortho intramolecular Hbond substituents is 2. The highest BCUT2D eigenvalue weighted by Crippen LogP contribution is 2.26. The number of anilines is 1. The Morgan fingerprint density at radius 1 is 1.00 bits per heavy atom. The molecule has 2 aromatic carbocycles. The van der Waals surface area contributed by atoms with E-state index in [-0.39, 0.29) is 23.3 Å². The molecule has 1 aliphatic rings. The summed E-state index contributed by atoms with van der Waals surface area (Å²) in [5.41, 5.74) is 2.04. The first-order valence-corrected chi connectivity index (χ1v) is 8.64. The number of benzene rings is 2. The maximum atomic E-state index is 12.7. The molecule has 0 aliphatic carbocycles. The van der Waals surface area contributed by atoms with Gasteiger partial charge in [0.2, 0.25) is 5.91 Å². The van der Waals surface area contributed by atoms with E-state index in [0.717, 1.165) is 31.7 Å². The van der Waals surface area contributed by atoms with Gasteiger partial charge in [0.05, 0.1) is 0 Å². The molecule has 2 N–H and O–H groups in total. The minimum atomic E-state index is -0.160. The third-order valence-electron chi connectivity index (χ3n) is 4.72. The number of piperazine rings is 1. The molecule has 1 aliphatic heterocycles. The van der Waals surface area contributed by atoms with E-state index in [2.05, 4.69) is 17.0 Å². The number of carbonyl (C=O) groups excluding carboxylic acids is 1. The summed E-state index contributed by atoms with van der Waals surface area (Å²) < 4.78 is 0. The van der Waals surface area contributed by atoms with E-state index in [1.54, 1.807) is 6.07 Å². The molecule has 3 rings (SSSR count). The zero-order valence-electron chi connectivity index (χ0n) is 14.4. The first-order valence-electron chi connectivity index (χ1n) is 8.64. The lowest BCUT2D eigenvalue weighted by molar-refractivity contribution is -0.135. The van der Waals surface area contributed by atoms with Crippen LogP contribution in [0.4, 0.5) is 5.69 Å². The zero-order chi connectivity index (χ0) is 17.8. The molecule has 25 heavy (non-hydrogen) atoms. The van der Waals surface area contributed by atoms with Crippen molar-refractivity contribution in [2.24, 2.45) is 5.92 Å². The number of amides is 1. The smallest absolute Gasteiger partial charge is 0.225 e. The van der Waals surface area contributed by atoms with Crippen LogP contribution < -0.4 is 4.90 Å². The molecule has 0 bridgehead atoms. The summed E-state index contributed by atoms with van der Waals surface area (Å²) in [7, 11) is 0. The highest BCUT2D eigenvalue weighted by atomic mass is 16.3. The summed E-state index contributed by atoms with van der Waals surface area (Å²) in [6.07, 6.45) is 0.547. The monoisotopic (exact) mass is 340 g/mol. The van der Waals surface area contributed by atoms with E-state index in [1.165, 1.54) is 17.8 Å². The lowest BCUT2D eigenvalue weighted by Crippen LogP contribution is -2.50. The molecule has 0 saturated carbocycles. The average molecular weight is 340 g/mol. The van der Waals surface area contributed by atoms with Gasteiger partial charge in [-0.05, 0) is 36.2 Å². The molecule has 132 valence electrons. The number of para-hydroxylation sites is 1. The van der Waals surface area contributed by atoms with Gasteiger partial charge in [-0.3, -0.25) is 4.79 Å². The largest absolute Gasteiger partial charge is 0.504 e. The Morgan fingerprint density at radius 2 is 1.68 bits per heavy atom. The van der Waals surface area contributed by atoms with Crippen LogP contribution in [0.2, 0.25) is 0 Å². The standard InChI is InChI=1S/C20H24N2O3/c1-15(13-16-7-8-18(23)19(24)14-16)20(25)22-11-9-21(10-12-22)17-5-3-2-4-6-17/h2-8,14-15,23-24H,9-13H2,1H3. The van der Waals surface area contributed by atoms with Gasteiger partial charge in [0.25, 0.3) is 0 Å². The Labute approximate surface area is 148 Å². The van der Waals surface area contributed by atoms with Crippen LogP contribution in [-0.2, 0) is 11.2 Å². The molecule has 1 heterocycles. The molecule has 1 unspecified atom stereocenters. The van der Waals surface area contributed by atoms with E-state index in [4.69, 9.17) is 0 Å². The molecular weight excluding hydrogens is 316 g/mol. The van der Waals surface area contributed by atoms with Crippen LogP contribution in [0.1, 0.15) is 12.5 Å². The summed E-state index contributed by atoms with van der Waals surface area (Å²) in [5, 5.41) is 19.0. The number of carbonyl (C=O) groups is 1. The van der Waals surface area contributed by atoms with Gasteiger partial charge in [-0.25, -0.2) is 0 Å². The molecule has 1 saturated heterocycles.